The van der Waals surface area contributed by atoms with Gasteiger partial charge < -0.3 is 5.32 Å². The number of nitrogens with two attached hydrogens (primary N) is 1. The summed E-state index contributed by atoms with van der Waals surface area (Å²) in [5.41, 5.74) is 1.97. The second-order valence-corrected chi connectivity index (χ2v) is 6.30. The summed E-state index contributed by atoms with van der Waals surface area (Å²) < 4.78 is 24.4. The maximum Gasteiger partial charge on any atom is 0.273 e. The smallest absolute Gasteiger partial charge is 0.273 e. The first-order valence-corrected chi connectivity index (χ1v) is 7.68. The minimum atomic E-state index is -3.83. The van der Waals surface area contributed by atoms with E-state index in [1.54, 1.807) is 39.1 Å². The van der Waals surface area contributed by atoms with Gasteiger partial charge in [0.2, 0.25) is 10.0 Å². The fourth-order valence-corrected chi connectivity index (χ4v) is 2.81. The largest absolute Gasteiger partial charge is 0.321 e. The lowest BCUT2D eigenvalue weighted by Crippen LogP contribution is -2.18. The summed E-state index contributed by atoms with van der Waals surface area (Å²) in [5.74, 6) is -0.373. The van der Waals surface area contributed by atoms with Crippen LogP contribution in [0.2, 0.25) is 0 Å². The SMILES string of the molecule is Cc1cc(C(=O)Nc2ccc(C)c(S(N)(=O)=O)c2)n(C)n1. The topological polar surface area (TPSA) is 107 Å². The molecule has 2 aromatic rings. The van der Waals surface area contributed by atoms with Gasteiger partial charge in [-0.15, -0.1) is 0 Å². The van der Waals surface area contributed by atoms with E-state index >= 15 is 0 Å². The second-order valence-electron chi connectivity index (χ2n) is 4.77. The number of carbonyl (C=O) groups excluding carboxylic acids is 1. The zero-order chi connectivity index (χ0) is 15.8. The molecule has 0 fully saturated rings. The van der Waals surface area contributed by atoms with Gasteiger partial charge in [-0.05, 0) is 37.6 Å². The Labute approximate surface area is 122 Å². The third-order valence-corrected chi connectivity index (χ3v) is 4.04. The van der Waals surface area contributed by atoms with E-state index in [-0.39, 0.29) is 10.8 Å². The van der Waals surface area contributed by atoms with E-state index in [2.05, 4.69) is 10.4 Å². The molecule has 8 heteroatoms. The number of nitrogens with one attached hydrogen (secondary N) is 1. The van der Waals surface area contributed by atoms with Gasteiger partial charge in [-0.3, -0.25) is 9.48 Å². The summed E-state index contributed by atoms with van der Waals surface area (Å²) in [6, 6.07) is 6.19. The highest BCUT2D eigenvalue weighted by molar-refractivity contribution is 7.89. The quantitative estimate of drug-likeness (QED) is 0.879. The molecule has 0 saturated heterocycles. The number of sulfonamides is 1. The number of nitrogens with zero attached hydrogens (tertiary/aromatic N) is 2. The monoisotopic (exact) mass is 308 g/mol. The van der Waals surface area contributed by atoms with Gasteiger partial charge in [0.15, 0.2) is 0 Å². The number of hydrogen-bond acceptors (Lipinski definition) is 4. The molecule has 0 bridgehead atoms. The molecule has 1 aromatic carbocycles. The molecule has 0 radical (unpaired) electrons. The van der Waals surface area contributed by atoms with Crippen LogP contribution in [0.1, 0.15) is 21.7 Å². The average molecular weight is 308 g/mol. The number of primary sulfonamides is 1. The molecular formula is C13H16N4O3S. The third kappa shape index (κ3) is 3.29. The highest BCUT2D eigenvalue weighted by Crippen LogP contribution is 2.19. The zero-order valence-corrected chi connectivity index (χ0v) is 12.7. The highest BCUT2D eigenvalue weighted by atomic mass is 32.2. The van der Waals surface area contributed by atoms with Gasteiger partial charge in [0.25, 0.3) is 5.91 Å². The van der Waals surface area contributed by atoms with Crippen molar-refractivity contribution in [3.8, 4) is 0 Å². The van der Waals surface area contributed by atoms with Crippen LogP contribution in [0.15, 0.2) is 29.2 Å². The predicted molar refractivity (Wildman–Crippen MR) is 78.5 cm³/mol. The molecule has 1 amide bonds. The van der Waals surface area contributed by atoms with Gasteiger partial charge in [0.05, 0.1) is 10.6 Å². The van der Waals surface area contributed by atoms with E-state index in [1.807, 2.05) is 0 Å². The highest BCUT2D eigenvalue weighted by Gasteiger charge is 2.15. The number of amides is 1. The van der Waals surface area contributed by atoms with Crippen molar-refractivity contribution in [1.82, 2.24) is 9.78 Å². The first-order valence-electron chi connectivity index (χ1n) is 6.14. The van der Waals surface area contributed by atoms with Crippen LogP contribution >= 0.6 is 0 Å². The Hall–Kier alpha value is -2.19. The van der Waals surface area contributed by atoms with Crippen LogP contribution in [0.4, 0.5) is 5.69 Å². The predicted octanol–water partition coefficient (Wildman–Crippen LogP) is 0.937. The van der Waals surface area contributed by atoms with Crippen molar-refractivity contribution in [2.45, 2.75) is 18.7 Å². The lowest BCUT2D eigenvalue weighted by molar-refractivity contribution is 0.101. The first-order chi connectivity index (χ1) is 9.68. The van der Waals surface area contributed by atoms with Gasteiger partial charge in [-0.1, -0.05) is 6.07 Å². The summed E-state index contributed by atoms with van der Waals surface area (Å²) in [6.45, 7) is 3.41. The van der Waals surface area contributed by atoms with Crippen molar-refractivity contribution < 1.29 is 13.2 Å². The molecular weight excluding hydrogens is 292 g/mol. The molecule has 0 aliphatic heterocycles. The second kappa shape index (κ2) is 5.30. The zero-order valence-electron chi connectivity index (χ0n) is 11.9. The molecule has 21 heavy (non-hydrogen) atoms. The number of rotatable bonds is 3. The fourth-order valence-electron chi connectivity index (χ4n) is 2.00. The number of aromatic nitrogens is 2. The average Bonchev–Trinajstić information content (AvgIpc) is 2.69. The molecule has 3 N–H and O–H groups in total. The Bertz CT molecular complexity index is 809. The van der Waals surface area contributed by atoms with Crippen molar-refractivity contribution in [3.05, 3.63) is 41.2 Å². The Kier molecular flexibility index (Phi) is 3.84. The Morgan fingerprint density at radius 2 is 1.95 bits per heavy atom. The van der Waals surface area contributed by atoms with E-state index in [0.29, 0.717) is 16.9 Å². The molecule has 112 valence electrons. The lowest BCUT2D eigenvalue weighted by atomic mass is 10.2. The molecule has 0 aliphatic carbocycles. The van der Waals surface area contributed by atoms with Gasteiger partial charge in [0, 0.05) is 12.7 Å². The van der Waals surface area contributed by atoms with E-state index in [9.17, 15) is 13.2 Å². The Balaban J connectivity index is 2.32. The van der Waals surface area contributed by atoms with E-state index in [0.717, 1.165) is 5.69 Å². The molecule has 0 spiro atoms. The summed E-state index contributed by atoms with van der Waals surface area (Å²) in [7, 11) is -2.17. The van der Waals surface area contributed by atoms with Crippen molar-refractivity contribution in [3.63, 3.8) is 0 Å². The van der Waals surface area contributed by atoms with Crippen LogP contribution < -0.4 is 10.5 Å². The summed E-state index contributed by atoms with van der Waals surface area (Å²) >= 11 is 0. The molecule has 2 rings (SSSR count). The van der Waals surface area contributed by atoms with Gasteiger partial charge in [-0.2, -0.15) is 5.10 Å². The van der Waals surface area contributed by atoms with Crippen molar-refractivity contribution in [2.24, 2.45) is 12.2 Å². The van der Waals surface area contributed by atoms with Gasteiger partial charge in [0.1, 0.15) is 5.69 Å². The first kappa shape index (κ1) is 15.2. The van der Waals surface area contributed by atoms with Crippen molar-refractivity contribution in [2.75, 3.05) is 5.32 Å². The Morgan fingerprint density at radius 3 is 2.48 bits per heavy atom. The number of aryl methyl sites for hydroxylation is 3. The van der Waals surface area contributed by atoms with Crippen LogP contribution in [0.3, 0.4) is 0 Å². The summed E-state index contributed by atoms with van der Waals surface area (Å²) in [6.07, 6.45) is 0. The number of benzene rings is 1. The van der Waals surface area contributed by atoms with Crippen molar-refractivity contribution >= 4 is 21.6 Å². The molecule has 0 saturated carbocycles. The normalized spacial score (nSPS) is 11.4. The lowest BCUT2D eigenvalue weighted by Gasteiger charge is -2.09. The third-order valence-electron chi connectivity index (χ3n) is 2.99. The van der Waals surface area contributed by atoms with E-state index in [4.69, 9.17) is 5.14 Å². The molecule has 7 nitrogen and oxygen atoms in total. The van der Waals surface area contributed by atoms with E-state index < -0.39 is 10.0 Å². The van der Waals surface area contributed by atoms with Crippen LogP contribution in [0, 0.1) is 13.8 Å². The summed E-state index contributed by atoms with van der Waals surface area (Å²) in [4.78, 5) is 12.1. The minimum absolute atomic E-state index is 0.0125. The molecule has 0 aliphatic rings. The van der Waals surface area contributed by atoms with Crippen LogP contribution in [-0.2, 0) is 17.1 Å². The number of carbonyl (C=O) groups is 1. The van der Waals surface area contributed by atoms with Crippen LogP contribution in [0.25, 0.3) is 0 Å². The molecule has 0 unspecified atom stereocenters. The maximum absolute atomic E-state index is 12.1. The standard InChI is InChI=1S/C13H16N4O3S/c1-8-4-5-10(7-12(8)21(14,19)20)15-13(18)11-6-9(2)16-17(11)3/h4-7H,1-3H3,(H,15,18)(H2,14,19,20). The van der Waals surface area contributed by atoms with E-state index in [1.165, 1.54) is 10.7 Å². The van der Waals surface area contributed by atoms with Crippen LogP contribution in [0.5, 0.6) is 0 Å². The molecule has 1 heterocycles. The fraction of sp³-hybridized carbons (Fsp3) is 0.231. The van der Waals surface area contributed by atoms with Gasteiger partial charge >= 0.3 is 0 Å². The van der Waals surface area contributed by atoms with Crippen LogP contribution in [-0.4, -0.2) is 24.1 Å². The molecule has 0 atom stereocenters. The summed E-state index contributed by atoms with van der Waals surface area (Å²) in [5, 5.41) is 11.9. The minimum Gasteiger partial charge on any atom is -0.321 e. The van der Waals surface area contributed by atoms with Gasteiger partial charge in [-0.25, -0.2) is 13.6 Å². The maximum atomic E-state index is 12.1. The molecule has 1 aromatic heterocycles. The number of anilines is 1. The number of hydrogen-bond donors (Lipinski definition) is 2. The Morgan fingerprint density at radius 1 is 1.29 bits per heavy atom. The van der Waals surface area contributed by atoms with Crippen molar-refractivity contribution in [1.29, 1.82) is 0 Å².